The van der Waals surface area contributed by atoms with Crippen molar-refractivity contribution in [1.29, 1.82) is 0 Å². The second-order valence-electron chi connectivity index (χ2n) is 8.74. The second-order valence-corrected chi connectivity index (χ2v) is 9.80. The van der Waals surface area contributed by atoms with Gasteiger partial charge in [-0.1, -0.05) is 17.4 Å². The van der Waals surface area contributed by atoms with Crippen LogP contribution in [0, 0.1) is 0 Å². The highest BCUT2D eigenvalue weighted by molar-refractivity contribution is 7.17. The summed E-state index contributed by atoms with van der Waals surface area (Å²) in [6, 6.07) is 4.76. The van der Waals surface area contributed by atoms with Gasteiger partial charge >= 0.3 is 6.03 Å². The molecular weight excluding hydrogens is 444 g/mol. The van der Waals surface area contributed by atoms with Crippen LogP contribution in [-0.4, -0.2) is 64.3 Å². The van der Waals surface area contributed by atoms with Gasteiger partial charge in [0.05, 0.1) is 19.3 Å². The Bertz CT molecular complexity index is 1350. The van der Waals surface area contributed by atoms with Crippen LogP contribution >= 0.6 is 11.3 Å². The van der Waals surface area contributed by atoms with Crippen LogP contribution < -0.4 is 15.4 Å². The minimum absolute atomic E-state index is 0.0177. The van der Waals surface area contributed by atoms with E-state index in [9.17, 15) is 14.4 Å². The first-order valence-corrected chi connectivity index (χ1v) is 11.5. The van der Waals surface area contributed by atoms with E-state index in [-0.39, 0.29) is 12.5 Å². The topological polar surface area (TPSA) is 108 Å². The fraction of sp³-hybridized carbons (Fsp3) is 0.364. The van der Waals surface area contributed by atoms with Crippen molar-refractivity contribution in [3.8, 4) is 5.75 Å². The number of rotatable bonds is 4. The number of hydrogen-bond acceptors (Lipinski definition) is 7. The van der Waals surface area contributed by atoms with Crippen LogP contribution in [0.3, 0.4) is 0 Å². The third kappa shape index (κ3) is 2.96. The standard InChI is InChI=1S/C22H22N6O4S/c1-26-6-5-15-16(9-26)33-21-23-17(10-28(15)21)22(19(30)24-20(31)25-22)11-27-8-12-3-4-13(32-2)7-14(12)18(27)29/h3-4,7,10H,5-6,8-9,11H2,1-2H3,(H2,24,25,30,31)/t22-/m0/s1. The maximum absolute atomic E-state index is 13.2. The van der Waals surface area contributed by atoms with Crippen molar-refractivity contribution in [3.05, 3.63) is 51.8 Å². The molecule has 5 heterocycles. The third-order valence-electron chi connectivity index (χ3n) is 6.65. The maximum Gasteiger partial charge on any atom is 0.322 e. The van der Waals surface area contributed by atoms with Gasteiger partial charge in [0.15, 0.2) is 10.5 Å². The number of methoxy groups -OCH3 is 1. The summed E-state index contributed by atoms with van der Waals surface area (Å²) in [6.07, 6.45) is 2.72. The van der Waals surface area contributed by atoms with Crippen LogP contribution in [0.2, 0.25) is 0 Å². The molecule has 3 aliphatic heterocycles. The first kappa shape index (κ1) is 20.2. The molecule has 10 nitrogen and oxygen atoms in total. The quantitative estimate of drug-likeness (QED) is 0.557. The van der Waals surface area contributed by atoms with Gasteiger partial charge in [-0.25, -0.2) is 9.78 Å². The van der Waals surface area contributed by atoms with Crippen LogP contribution in [0.25, 0.3) is 4.96 Å². The highest BCUT2D eigenvalue weighted by Gasteiger charge is 2.52. The summed E-state index contributed by atoms with van der Waals surface area (Å²) in [5, 5.41) is 5.11. The number of carbonyl (C=O) groups excluding carboxylic acids is 3. The zero-order valence-electron chi connectivity index (χ0n) is 18.2. The minimum Gasteiger partial charge on any atom is -0.497 e. The Hall–Kier alpha value is -3.44. The summed E-state index contributed by atoms with van der Waals surface area (Å²) < 4.78 is 7.27. The van der Waals surface area contributed by atoms with Gasteiger partial charge in [0.2, 0.25) is 0 Å². The number of thiazole rings is 1. The summed E-state index contributed by atoms with van der Waals surface area (Å²) in [7, 11) is 3.64. The van der Waals surface area contributed by atoms with Crippen molar-refractivity contribution in [2.45, 2.75) is 25.0 Å². The number of amides is 4. The van der Waals surface area contributed by atoms with Gasteiger partial charge in [-0.15, -0.1) is 0 Å². The predicted octanol–water partition coefficient (Wildman–Crippen LogP) is 1.08. The molecule has 0 unspecified atom stereocenters. The van der Waals surface area contributed by atoms with Gasteiger partial charge in [0, 0.05) is 48.4 Å². The van der Waals surface area contributed by atoms with Crippen molar-refractivity contribution < 1.29 is 19.1 Å². The van der Waals surface area contributed by atoms with E-state index in [0.29, 0.717) is 23.6 Å². The molecule has 11 heteroatoms. The first-order valence-electron chi connectivity index (χ1n) is 10.7. The average molecular weight is 467 g/mol. The van der Waals surface area contributed by atoms with Crippen LogP contribution in [0.15, 0.2) is 24.4 Å². The lowest BCUT2D eigenvalue weighted by Gasteiger charge is -2.29. The number of ether oxygens (including phenoxy) is 1. The van der Waals surface area contributed by atoms with Crippen molar-refractivity contribution in [3.63, 3.8) is 0 Å². The fourth-order valence-corrected chi connectivity index (χ4v) is 6.12. The molecule has 1 aromatic carbocycles. The molecule has 1 fully saturated rings. The minimum atomic E-state index is -1.46. The number of hydrogen-bond donors (Lipinski definition) is 2. The van der Waals surface area contributed by atoms with Crippen LogP contribution in [0.5, 0.6) is 5.75 Å². The number of nitrogens with one attached hydrogen (secondary N) is 2. The number of imidazole rings is 1. The number of fused-ring (bicyclic) bond motifs is 4. The maximum atomic E-state index is 13.2. The number of nitrogens with zero attached hydrogens (tertiary/aromatic N) is 4. The Kier molecular flexibility index (Phi) is 4.30. The van der Waals surface area contributed by atoms with Gasteiger partial charge in [-0.05, 0) is 24.7 Å². The summed E-state index contributed by atoms with van der Waals surface area (Å²) in [6.45, 7) is 2.13. The van der Waals surface area contributed by atoms with E-state index in [1.807, 2.05) is 16.7 Å². The van der Waals surface area contributed by atoms with E-state index in [2.05, 4.69) is 22.6 Å². The number of imide groups is 1. The van der Waals surface area contributed by atoms with E-state index in [4.69, 9.17) is 9.72 Å². The zero-order valence-corrected chi connectivity index (χ0v) is 19.0. The summed E-state index contributed by atoms with van der Waals surface area (Å²) >= 11 is 1.59. The molecule has 1 atom stereocenters. The largest absolute Gasteiger partial charge is 0.497 e. The SMILES string of the molecule is COc1ccc2c(c1)C(=O)N(C[C@@]1(c3cn4c5c(sc4n3)CN(C)CC5)NC(=O)NC1=O)C2. The van der Waals surface area contributed by atoms with Gasteiger partial charge in [0.1, 0.15) is 5.75 Å². The van der Waals surface area contributed by atoms with Crippen molar-refractivity contribution >= 4 is 34.1 Å². The predicted molar refractivity (Wildman–Crippen MR) is 119 cm³/mol. The highest BCUT2D eigenvalue weighted by atomic mass is 32.1. The Morgan fingerprint density at radius 3 is 2.85 bits per heavy atom. The van der Waals surface area contributed by atoms with E-state index in [0.717, 1.165) is 30.0 Å². The molecule has 2 N–H and O–H groups in total. The molecule has 170 valence electrons. The zero-order chi connectivity index (χ0) is 22.9. The molecule has 6 rings (SSSR count). The third-order valence-corrected chi connectivity index (χ3v) is 7.73. The molecule has 33 heavy (non-hydrogen) atoms. The van der Waals surface area contributed by atoms with Crippen molar-refractivity contribution in [2.24, 2.45) is 0 Å². The molecule has 0 bridgehead atoms. The molecule has 1 saturated heterocycles. The van der Waals surface area contributed by atoms with E-state index >= 15 is 0 Å². The van der Waals surface area contributed by atoms with Gasteiger partial charge in [-0.2, -0.15) is 0 Å². The van der Waals surface area contributed by atoms with Gasteiger partial charge in [-0.3, -0.25) is 19.3 Å². The van der Waals surface area contributed by atoms with E-state index in [1.54, 1.807) is 35.5 Å². The van der Waals surface area contributed by atoms with Crippen LogP contribution in [-0.2, 0) is 29.8 Å². The van der Waals surface area contributed by atoms with Gasteiger partial charge < -0.3 is 19.9 Å². The number of urea groups is 1. The van der Waals surface area contributed by atoms with Crippen molar-refractivity contribution in [2.75, 3.05) is 27.2 Å². The monoisotopic (exact) mass is 466 g/mol. The molecular formula is C22H22N6O4S. The normalized spacial score (nSPS) is 22.5. The smallest absolute Gasteiger partial charge is 0.322 e. The van der Waals surface area contributed by atoms with Crippen LogP contribution in [0.4, 0.5) is 4.79 Å². The van der Waals surface area contributed by atoms with E-state index in [1.165, 1.54) is 10.6 Å². The molecule has 2 aromatic heterocycles. The number of likely N-dealkylation sites (N-methyl/N-ethyl adjacent to an activating group) is 1. The molecule has 0 radical (unpaired) electrons. The molecule has 0 spiro atoms. The number of benzene rings is 1. The lowest BCUT2D eigenvalue weighted by molar-refractivity contribution is -0.124. The number of aromatic nitrogens is 2. The van der Waals surface area contributed by atoms with E-state index < -0.39 is 17.5 Å². The molecule has 4 amide bonds. The Morgan fingerprint density at radius 2 is 2.09 bits per heavy atom. The lowest BCUT2D eigenvalue weighted by atomic mass is 9.95. The summed E-state index contributed by atoms with van der Waals surface area (Å²) in [5.41, 5.74) is 1.55. The summed E-state index contributed by atoms with van der Waals surface area (Å²) in [4.78, 5) is 49.1. The highest BCUT2D eigenvalue weighted by Crippen LogP contribution is 2.35. The second kappa shape index (κ2) is 7.03. The molecule has 3 aliphatic rings. The first-order chi connectivity index (χ1) is 15.9. The van der Waals surface area contributed by atoms with Crippen LogP contribution in [0.1, 0.15) is 32.2 Å². The molecule has 0 saturated carbocycles. The molecule has 3 aromatic rings. The Labute approximate surface area is 193 Å². The molecule has 0 aliphatic carbocycles. The Morgan fingerprint density at radius 1 is 1.24 bits per heavy atom. The van der Waals surface area contributed by atoms with Gasteiger partial charge in [0.25, 0.3) is 11.8 Å². The fourth-order valence-electron chi connectivity index (χ4n) is 4.89. The lowest BCUT2D eigenvalue weighted by Crippen LogP contribution is -2.53. The average Bonchev–Trinajstić information content (AvgIpc) is 3.50. The Balaban J connectivity index is 1.38. The van der Waals surface area contributed by atoms with Crippen molar-refractivity contribution in [1.82, 2.24) is 29.8 Å². The summed E-state index contributed by atoms with van der Waals surface area (Å²) in [5.74, 6) is -0.123. The number of carbonyl (C=O) groups is 3.